The molecule has 0 aromatic carbocycles. The molecule has 1 heterocycles. The highest BCUT2D eigenvalue weighted by atomic mass is 32.2. The highest BCUT2D eigenvalue weighted by Crippen LogP contribution is 2.21. The van der Waals surface area contributed by atoms with E-state index in [1.165, 1.54) is 11.8 Å². The number of thioether (sulfide) groups is 1. The van der Waals surface area contributed by atoms with Gasteiger partial charge in [0.2, 0.25) is 0 Å². The van der Waals surface area contributed by atoms with Crippen molar-refractivity contribution in [2.45, 2.75) is 24.5 Å². The third kappa shape index (κ3) is 5.18. The van der Waals surface area contributed by atoms with Crippen LogP contribution in [0, 0.1) is 0 Å². The Morgan fingerprint density at radius 1 is 1.55 bits per heavy atom. The molecule has 0 bridgehead atoms. The summed E-state index contributed by atoms with van der Waals surface area (Å²) in [5.74, 6) is -0.354. The van der Waals surface area contributed by atoms with Crippen molar-refractivity contribution in [1.82, 2.24) is 10.6 Å². The van der Waals surface area contributed by atoms with Crippen molar-refractivity contribution in [3.8, 4) is 0 Å². The Morgan fingerprint density at radius 3 is 2.80 bits per heavy atom. The zero-order valence-corrected chi connectivity index (χ0v) is 12.6. The van der Waals surface area contributed by atoms with Gasteiger partial charge in [0.05, 0.1) is 13.2 Å². The fourth-order valence-electron chi connectivity index (χ4n) is 1.90. The Labute approximate surface area is 122 Å². The lowest BCUT2D eigenvalue weighted by Gasteiger charge is -2.26. The Morgan fingerprint density at radius 2 is 2.30 bits per heavy atom. The molecule has 0 spiro atoms. The standard InChI is InChI=1S/C12H22N2O5S/c1-18-12(4-5-19-8-12)7-13-11(17)14-9(10(15)16)3-6-20-2/h9H,3-8H2,1-2H3,(H,15,16)(H2,13,14,17)/t9-,12?/m1/s1. The number of amides is 2. The third-order valence-corrected chi connectivity index (χ3v) is 3.93. The van der Waals surface area contributed by atoms with E-state index in [9.17, 15) is 9.59 Å². The quantitative estimate of drug-likeness (QED) is 0.597. The van der Waals surface area contributed by atoms with Crippen LogP contribution in [0.15, 0.2) is 0 Å². The van der Waals surface area contributed by atoms with Gasteiger partial charge in [-0.2, -0.15) is 11.8 Å². The summed E-state index contributed by atoms with van der Waals surface area (Å²) in [4.78, 5) is 22.8. The molecule has 0 saturated carbocycles. The predicted molar refractivity (Wildman–Crippen MR) is 76.1 cm³/mol. The molecule has 1 saturated heterocycles. The van der Waals surface area contributed by atoms with Crippen molar-refractivity contribution in [3.63, 3.8) is 0 Å². The summed E-state index contributed by atoms with van der Waals surface area (Å²) in [6.45, 7) is 1.32. The Hall–Kier alpha value is -0.990. The summed E-state index contributed by atoms with van der Waals surface area (Å²) >= 11 is 1.54. The van der Waals surface area contributed by atoms with Gasteiger partial charge in [0.25, 0.3) is 0 Å². The van der Waals surface area contributed by atoms with Gasteiger partial charge in [-0.1, -0.05) is 0 Å². The molecule has 0 aliphatic carbocycles. The average molecular weight is 306 g/mol. The third-order valence-electron chi connectivity index (χ3n) is 3.29. The highest BCUT2D eigenvalue weighted by molar-refractivity contribution is 7.98. The van der Waals surface area contributed by atoms with Crippen molar-refractivity contribution in [2.75, 3.05) is 38.9 Å². The Bertz CT molecular complexity index is 334. The first-order valence-corrected chi connectivity index (χ1v) is 7.81. The molecule has 1 unspecified atom stereocenters. The van der Waals surface area contributed by atoms with Crippen LogP contribution >= 0.6 is 11.8 Å². The molecule has 2 atom stereocenters. The number of nitrogens with one attached hydrogen (secondary N) is 2. The maximum atomic E-state index is 11.7. The number of carbonyl (C=O) groups excluding carboxylic acids is 1. The number of carboxylic acids is 1. The van der Waals surface area contributed by atoms with Crippen LogP contribution in [0.5, 0.6) is 0 Å². The van der Waals surface area contributed by atoms with Gasteiger partial charge in [0.15, 0.2) is 0 Å². The van der Waals surface area contributed by atoms with Crippen LogP contribution in [0.1, 0.15) is 12.8 Å². The number of urea groups is 1. The van der Waals surface area contributed by atoms with Gasteiger partial charge >= 0.3 is 12.0 Å². The Balaban J connectivity index is 2.39. The zero-order chi connectivity index (χ0) is 15.0. The molecule has 1 aliphatic heterocycles. The van der Waals surface area contributed by atoms with Crippen LogP contribution in [0.3, 0.4) is 0 Å². The lowest BCUT2D eigenvalue weighted by atomic mass is 10.0. The van der Waals surface area contributed by atoms with Crippen molar-refractivity contribution in [2.24, 2.45) is 0 Å². The van der Waals surface area contributed by atoms with Crippen molar-refractivity contribution in [1.29, 1.82) is 0 Å². The fraction of sp³-hybridized carbons (Fsp3) is 0.833. The number of carboxylic acid groups (broad SMARTS) is 1. The van der Waals surface area contributed by atoms with Crippen molar-refractivity contribution in [3.05, 3.63) is 0 Å². The van der Waals surface area contributed by atoms with Crippen LogP contribution < -0.4 is 10.6 Å². The molecular formula is C12H22N2O5S. The number of ether oxygens (including phenoxy) is 2. The Kier molecular flexibility index (Phi) is 7.11. The molecule has 8 heteroatoms. The second kappa shape index (κ2) is 8.33. The first-order valence-electron chi connectivity index (χ1n) is 6.42. The molecule has 1 fully saturated rings. The van der Waals surface area contributed by atoms with E-state index in [0.717, 1.165) is 0 Å². The number of hydrogen-bond donors (Lipinski definition) is 3. The SMILES string of the molecule is COC1(CNC(=O)N[C@H](CCSC)C(=O)O)CCOC1. The molecular weight excluding hydrogens is 284 g/mol. The van der Waals surface area contributed by atoms with E-state index in [0.29, 0.717) is 38.4 Å². The second-order valence-electron chi connectivity index (χ2n) is 4.69. The van der Waals surface area contributed by atoms with Gasteiger partial charge in [-0.05, 0) is 18.4 Å². The van der Waals surface area contributed by atoms with Gasteiger partial charge in [-0.3, -0.25) is 0 Å². The van der Waals surface area contributed by atoms with E-state index in [1.54, 1.807) is 7.11 Å². The van der Waals surface area contributed by atoms with E-state index in [4.69, 9.17) is 14.6 Å². The number of carbonyl (C=O) groups is 2. The van der Waals surface area contributed by atoms with Gasteiger partial charge < -0.3 is 25.2 Å². The molecule has 0 aromatic heterocycles. The number of aliphatic carboxylic acids is 1. The maximum absolute atomic E-state index is 11.7. The van der Waals surface area contributed by atoms with Crippen LogP contribution in [0.2, 0.25) is 0 Å². The molecule has 0 radical (unpaired) electrons. The minimum Gasteiger partial charge on any atom is -0.480 e. The fourth-order valence-corrected chi connectivity index (χ4v) is 2.38. The van der Waals surface area contributed by atoms with Crippen LogP contribution in [-0.2, 0) is 14.3 Å². The summed E-state index contributed by atoms with van der Waals surface area (Å²) in [6.07, 6.45) is 2.99. The first kappa shape index (κ1) is 17.1. The lowest BCUT2D eigenvalue weighted by molar-refractivity contribution is -0.139. The molecule has 0 aromatic rings. The highest BCUT2D eigenvalue weighted by Gasteiger charge is 2.35. The molecule has 1 aliphatic rings. The molecule has 20 heavy (non-hydrogen) atoms. The molecule has 1 rings (SSSR count). The van der Waals surface area contributed by atoms with E-state index in [1.807, 2.05) is 6.26 Å². The molecule has 7 nitrogen and oxygen atoms in total. The monoisotopic (exact) mass is 306 g/mol. The maximum Gasteiger partial charge on any atom is 0.326 e. The smallest absolute Gasteiger partial charge is 0.326 e. The van der Waals surface area contributed by atoms with E-state index in [-0.39, 0.29) is 0 Å². The zero-order valence-electron chi connectivity index (χ0n) is 11.8. The van der Waals surface area contributed by atoms with Crippen molar-refractivity contribution >= 4 is 23.8 Å². The summed E-state index contributed by atoms with van der Waals surface area (Å²) in [5.41, 5.74) is -0.505. The summed E-state index contributed by atoms with van der Waals surface area (Å²) in [5, 5.41) is 14.1. The average Bonchev–Trinajstić information content (AvgIpc) is 2.90. The molecule has 3 N–H and O–H groups in total. The number of rotatable bonds is 8. The summed E-state index contributed by atoms with van der Waals surface area (Å²) in [7, 11) is 1.58. The molecule has 116 valence electrons. The lowest BCUT2D eigenvalue weighted by Crippen LogP contribution is -2.51. The minimum atomic E-state index is -1.03. The molecule has 2 amide bonds. The van der Waals surface area contributed by atoms with E-state index >= 15 is 0 Å². The van der Waals surface area contributed by atoms with Gasteiger partial charge in [-0.25, -0.2) is 9.59 Å². The van der Waals surface area contributed by atoms with Crippen LogP contribution in [-0.4, -0.2) is 67.6 Å². The largest absolute Gasteiger partial charge is 0.480 e. The van der Waals surface area contributed by atoms with E-state index in [2.05, 4.69) is 10.6 Å². The van der Waals surface area contributed by atoms with Crippen LogP contribution in [0.4, 0.5) is 4.79 Å². The van der Waals surface area contributed by atoms with E-state index < -0.39 is 23.6 Å². The van der Waals surface area contributed by atoms with Gasteiger partial charge in [0, 0.05) is 20.1 Å². The second-order valence-corrected chi connectivity index (χ2v) is 5.67. The normalized spacial score (nSPS) is 23.3. The minimum absolute atomic E-state index is 0.296. The number of hydrogen-bond acceptors (Lipinski definition) is 5. The topological polar surface area (TPSA) is 96.9 Å². The van der Waals surface area contributed by atoms with Gasteiger partial charge in [0.1, 0.15) is 11.6 Å². The van der Waals surface area contributed by atoms with Crippen molar-refractivity contribution < 1.29 is 24.2 Å². The summed E-state index contributed by atoms with van der Waals surface area (Å²) < 4.78 is 10.6. The summed E-state index contributed by atoms with van der Waals surface area (Å²) in [6, 6.07) is -1.37. The van der Waals surface area contributed by atoms with Crippen LogP contribution in [0.25, 0.3) is 0 Å². The number of methoxy groups -OCH3 is 1. The van der Waals surface area contributed by atoms with Gasteiger partial charge in [-0.15, -0.1) is 0 Å². The predicted octanol–water partition coefficient (Wildman–Crippen LogP) is 0.297. The first-order chi connectivity index (χ1) is 9.53.